The van der Waals surface area contributed by atoms with Crippen LogP contribution in [0.15, 0.2) is 59.1 Å². The Morgan fingerprint density at radius 3 is 2.52 bits per heavy atom. The zero-order chi connectivity index (χ0) is 17.6. The zero-order valence-corrected chi connectivity index (χ0v) is 15.0. The van der Waals surface area contributed by atoms with E-state index >= 15 is 0 Å². The van der Waals surface area contributed by atoms with Gasteiger partial charge in [0.1, 0.15) is 5.69 Å². The van der Waals surface area contributed by atoms with Crippen LogP contribution in [-0.2, 0) is 16.0 Å². The molecule has 0 saturated carbocycles. The summed E-state index contributed by atoms with van der Waals surface area (Å²) in [6.07, 6.45) is 0.730. The van der Waals surface area contributed by atoms with E-state index in [1.165, 1.54) is 0 Å². The quantitative estimate of drug-likeness (QED) is 0.622. The molecule has 3 aromatic rings. The number of amides is 1. The minimum Gasteiger partial charge on any atom is -0.451 e. The van der Waals surface area contributed by atoms with Crippen LogP contribution in [0.25, 0.3) is 10.9 Å². The van der Waals surface area contributed by atoms with Gasteiger partial charge in [-0.05, 0) is 34.0 Å². The lowest BCUT2D eigenvalue weighted by atomic mass is 10.1. The van der Waals surface area contributed by atoms with Crippen molar-refractivity contribution >= 4 is 38.7 Å². The summed E-state index contributed by atoms with van der Waals surface area (Å²) in [6, 6.07) is 17.4. The number of rotatable bonds is 6. The summed E-state index contributed by atoms with van der Waals surface area (Å²) in [5.41, 5.74) is 2.27. The van der Waals surface area contributed by atoms with E-state index in [0.717, 1.165) is 22.9 Å². The van der Waals surface area contributed by atoms with Gasteiger partial charge in [0.05, 0.1) is 4.47 Å². The van der Waals surface area contributed by atoms with Crippen molar-refractivity contribution in [2.45, 2.75) is 6.42 Å². The molecule has 2 aromatic carbocycles. The summed E-state index contributed by atoms with van der Waals surface area (Å²) < 4.78 is 5.73. The standard InChI is InChI=1S/C19H17BrN2O3/c20-17-14-8-4-5-9-15(14)22-18(17)19(24)25-12-16(23)21-11-10-13-6-2-1-3-7-13/h1-9,22H,10-12H2,(H,21,23). The van der Waals surface area contributed by atoms with Gasteiger partial charge in [0.2, 0.25) is 0 Å². The lowest BCUT2D eigenvalue weighted by molar-refractivity contribution is -0.124. The van der Waals surface area contributed by atoms with E-state index in [2.05, 4.69) is 26.2 Å². The van der Waals surface area contributed by atoms with E-state index in [0.29, 0.717) is 16.7 Å². The number of esters is 1. The van der Waals surface area contributed by atoms with Crippen molar-refractivity contribution in [1.82, 2.24) is 10.3 Å². The van der Waals surface area contributed by atoms with Crippen molar-refractivity contribution in [3.05, 3.63) is 70.3 Å². The number of benzene rings is 2. The van der Waals surface area contributed by atoms with Gasteiger partial charge in [-0.2, -0.15) is 0 Å². The van der Waals surface area contributed by atoms with Gasteiger partial charge >= 0.3 is 5.97 Å². The average molecular weight is 401 g/mol. The first-order valence-corrected chi connectivity index (χ1v) is 8.68. The summed E-state index contributed by atoms with van der Waals surface area (Å²) in [4.78, 5) is 27.0. The Morgan fingerprint density at radius 1 is 1.04 bits per heavy atom. The molecule has 1 amide bonds. The van der Waals surface area contributed by atoms with E-state index in [1.54, 1.807) is 0 Å². The number of aromatic nitrogens is 1. The summed E-state index contributed by atoms with van der Waals surface area (Å²) in [5, 5.41) is 3.63. The predicted molar refractivity (Wildman–Crippen MR) is 99.4 cm³/mol. The summed E-state index contributed by atoms with van der Waals surface area (Å²) in [7, 11) is 0. The number of carbonyl (C=O) groups excluding carboxylic acids is 2. The average Bonchev–Trinajstić information content (AvgIpc) is 2.98. The molecule has 0 aliphatic carbocycles. The molecule has 0 spiro atoms. The highest BCUT2D eigenvalue weighted by atomic mass is 79.9. The van der Waals surface area contributed by atoms with Crippen molar-refractivity contribution in [3.63, 3.8) is 0 Å². The van der Waals surface area contributed by atoms with Crippen LogP contribution in [0.2, 0.25) is 0 Å². The summed E-state index contributed by atoms with van der Waals surface area (Å²) in [6.45, 7) is 0.186. The maximum atomic E-state index is 12.2. The third-order valence-corrected chi connectivity index (χ3v) is 4.58. The number of nitrogens with one attached hydrogen (secondary N) is 2. The Bertz CT molecular complexity index is 890. The fourth-order valence-corrected chi connectivity index (χ4v) is 3.10. The Morgan fingerprint density at radius 2 is 1.76 bits per heavy atom. The van der Waals surface area contributed by atoms with Crippen molar-refractivity contribution in [1.29, 1.82) is 0 Å². The molecule has 1 aromatic heterocycles. The number of para-hydroxylation sites is 1. The molecule has 0 atom stereocenters. The van der Waals surface area contributed by atoms with E-state index in [-0.39, 0.29) is 12.5 Å². The second-order valence-electron chi connectivity index (χ2n) is 5.52. The third kappa shape index (κ3) is 4.28. The number of aromatic amines is 1. The van der Waals surface area contributed by atoms with Gasteiger partial charge in [-0.1, -0.05) is 48.5 Å². The first-order chi connectivity index (χ1) is 12.1. The summed E-state index contributed by atoms with van der Waals surface area (Å²) >= 11 is 3.39. The molecule has 5 nitrogen and oxygen atoms in total. The van der Waals surface area contributed by atoms with Crippen LogP contribution in [0.3, 0.4) is 0 Å². The van der Waals surface area contributed by atoms with Gasteiger partial charge < -0.3 is 15.0 Å². The van der Waals surface area contributed by atoms with E-state index in [1.807, 2.05) is 54.6 Å². The van der Waals surface area contributed by atoms with Gasteiger partial charge in [-0.25, -0.2) is 4.79 Å². The van der Waals surface area contributed by atoms with Gasteiger partial charge in [-0.15, -0.1) is 0 Å². The molecule has 2 N–H and O–H groups in total. The number of hydrogen-bond acceptors (Lipinski definition) is 3. The molecule has 0 radical (unpaired) electrons. The van der Waals surface area contributed by atoms with Crippen LogP contribution in [-0.4, -0.2) is 30.0 Å². The molecule has 0 saturated heterocycles. The van der Waals surface area contributed by atoms with E-state index in [4.69, 9.17) is 4.74 Å². The minimum atomic E-state index is -0.568. The van der Waals surface area contributed by atoms with Crippen molar-refractivity contribution in [2.75, 3.05) is 13.2 Å². The second-order valence-corrected chi connectivity index (χ2v) is 6.31. The normalized spacial score (nSPS) is 10.6. The lowest BCUT2D eigenvalue weighted by Gasteiger charge is -2.06. The SMILES string of the molecule is O=C(COC(=O)c1[nH]c2ccccc2c1Br)NCCc1ccccc1. The highest BCUT2D eigenvalue weighted by Crippen LogP contribution is 2.28. The van der Waals surface area contributed by atoms with Crippen molar-refractivity contribution in [3.8, 4) is 0 Å². The molecular formula is C19H17BrN2O3. The molecule has 1 heterocycles. The number of hydrogen-bond donors (Lipinski definition) is 2. The Kier molecular flexibility index (Phi) is 5.50. The molecule has 3 rings (SSSR count). The first kappa shape index (κ1) is 17.2. The maximum Gasteiger partial charge on any atom is 0.356 e. The van der Waals surface area contributed by atoms with Crippen LogP contribution in [0.1, 0.15) is 16.1 Å². The highest BCUT2D eigenvalue weighted by molar-refractivity contribution is 9.10. The number of fused-ring (bicyclic) bond motifs is 1. The monoisotopic (exact) mass is 400 g/mol. The Hall–Kier alpha value is -2.60. The molecule has 0 aliphatic rings. The topological polar surface area (TPSA) is 71.2 Å². The smallest absolute Gasteiger partial charge is 0.356 e. The largest absolute Gasteiger partial charge is 0.451 e. The lowest BCUT2D eigenvalue weighted by Crippen LogP contribution is -2.30. The van der Waals surface area contributed by atoms with Crippen molar-refractivity contribution < 1.29 is 14.3 Å². The number of ether oxygens (including phenoxy) is 1. The van der Waals surface area contributed by atoms with Gasteiger partial charge in [-0.3, -0.25) is 4.79 Å². The third-order valence-electron chi connectivity index (χ3n) is 3.76. The predicted octanol–water partition coefficient (Wildman–Crippen LogP) is 3.45. The van der Waals surface area contributed by atoms with Gasteiger partial charge in [0.15, 0.2) is 6.61 Å². The summed E-state index contributed by atoms with van der Waals surface area (Å²) in [5.74, 6) is -0.891. The van der Waals surface area contributed by atoms with Gasteiger partial charge in [0.25, 0.3) is 5.91 Å². The molecular weight excluding hydrogens is 384 g/mol. The molecule has 0 bridgehead atoms. The fraction of sp³-hybridized carbons (Fsp3) is 0.158. The fourth-order valence-electron chi connectivity index (χ4n) is 2.49. The van der Waals surface area contributed by atoms with Crippen LogP contribution in [0.5, 0.6) is 0 Å². The molecule has 0 fully saturated rings. The zero-order valence-electron chi connectivity index (χ0n) is 13.4. The molecule has 0 unspecified atom stereocenters. The Labute approximate surface area is 153 Å². The van der Waals surface area contributed by atoms with Crippen LogP contribution in [0.4, 0.5) is 0 Å². The molecule has 25 heavy (non-hydrogen) atoms. The Balaban J connectivity index is 1.49. The second kappa shape index (κ2) is 7.98. The molecule has 0 aliphatic heterocycles. The first-order valence-electron chi connectivity index (χ1n) is 7.89. The van der Waals surface area contributed by atoms with Crippen LogP contribution in [0, 0.1) is 0 Å². The molecule has 128 valence electrons. The van der Waals surface area contributed by atoms with Gasteiger partial charge in [0, 0.05) is 17.4 Å². The minimum absolute atomic E-state index is 0.304. The van der Waals surface area contributed by atoms with Crippen molar-refractivity contribution in [2.24, 2.45) is 0 Å². The number of carbonyl (C=O) groups is 2. The van der Waals surface area contributed by atoms with Crippen LogP contribution >= 0.6 is 15.9 Å². The highest BCUT2D eigenvalue weighted by Gasteiger charge is 2.18. The number of H-pyrrole nitrogens is 1. The maximum absolute atomic E-state index is 12.2. The van der Waals surface area contributed by atoms with E-state index < -0.39 is 5.97 Å². The number of halogens is 1. The van der Waals surface area contributed by atoms with E-state index in [9.17, 15) is 9.59 Å². The van der Waals surface area contributed by atoms with Crippen LogP contribution < -0.4 is 5.32 Å². The molecule has 6 heteroatoms.